The maximum absolute atomic E-state index is 11.7. The zero-order chi connectivity index (χ0) is 10.7. The summed E-state index contributed by atoms with van der Waals surface area (Å²) >= 11 is 0. The van der Waals surface area contributed by atoms with E-state index in [1.165, 1.54) is 6.07 Å². The van der Waals surface area contributed by atoms with Crippen molar-refractivity contribution in [2.24, 2.45) is 0 Å². The molecule has 0 spiro atoms. The quantitative estimate of drug-likeness (QED) is 0.604. The van der Waals surface area contributed by atoms with Gasteiger partial charge in [0.25, 0.3) is 0 Å². The van der Waals surface area contributed by atoms with E-state index in [4.69, 9.17) is 9.15 Å². The third-order valence-electron chi connectivity index (χ3n) is 2.77. The number of fused-ring (bicyclic) bond motifs is 2. The molecule has 2 heterocycles. The van der Waals surface area contributed by atoms with E-state index in [2.05, 4.69) is 0 Å². The molecule has 0 amide bonds. The summed E-state index contributed by atoms with van der Waals surface area (Å²) in [5.74, 6) is 0.120. The van der Waals surface area contributed by atoms with Gasteiger partial charge in [-0.1, -0.05) is 0 Å². The Labute approximate surface area is 84.3 Å². The van der Waals surface area contributed by atoms with E-state index in [1.54, 1.807) is 6.92 Å². The van der Waals surface area contributed by atoms with Gasteiger partial charge in [0, 0.05) is 5.56 Å². The van der Waals surface area contributed by atoms with Gasteiger partial charge in [-0.05, 0) is 13.0 Å². The molecular formula is C10H8O5. The Balaban J connectivity index is 2.30. The van der Waals surface area contributed by atoms with Crippen LogP contribution in [0.5, 0.6) is 0 Å². The zero-order valence-corrected chi connectivity index (χ0v) is 7.89. The summed E-state index contributed by atoms with van der Waals surface area (Å²) in [5.41, 5.74) is -0.390. The summed E-state index contributed by atoms with van der Waals surface area (Å²) in [7, 11) is 0. The number of ketones is 1. The molecule has 5 heteroatoms. The number of carbonyl (C=O) groups excluding carboxylic acids is 1. The van der Waals surface area contributed by atoms with Crippen LogP contribution in [0.3, 0.4) is 0 Å². The largest absolute Gasteiger partial charge is 0.428 e. The number of aliphatic hydroxyl groups is 1. The molecule has 15 heavy (non-hydrogen) atoms. The van der Waals surface area contributed by atoms with Gasteiger partial charge in [-0.2, -0.15) is 0 Å². The molecule has 1 aliphatic heterocycles. The van der Waals surface area contributed by atoms with E-state index in [0.717, 1.165) is 0 Å². The van der Waals surface area contributed by atoms with Crippen LogP contribution in [0.2, 0.25) is 0 Å². The fourth-order valence-electron chi connectivity index (χ4n) is 2.00. The SMILES string of the molecule is Cc1cc2c(c(=O)o1)[C@H](O)[C@H]1O[C@H]1C2=O. The first-order valence-corrected chi connectivity index (χ1v) is 4.62. The Morgan fingerprint density at radius 3 is 2.87 bits per heavy atom. The van der Waals surface area contributed by atoms with Crippen LogP contribution >= 0.6 is 0 Å². The number of hydrogen-bond acceptors (Lipinski definition) is 5. The minimum Gasteiger partial charge on any atom is -0.428 e. The number of ether oxygens (including phenoxy) is 1. The normalized spacial score (nSPS) is 32.1. The molecule has 0 unspecified atom stereocenters. The van der Waals surface area contributed by atoms with Crippen molar-refractivity contribution in [1.29, 1.82) is 0 Å². The molecule has 1 aromatic rings. The Morgan fingerprint density at radius 2 is 2.13 bits per heavy atom. The van der Waals surface area contributed by atoms with Gasteiger partial charge in [0.05, 0.1) is 5.56 Å². The highest BCUT2D eigenvalue weighted by Gasteiger charge is 2.56. The van der Waals surface area contributed by atoms with Gasteiger partial charge < -0.3 is 14.3 Å². The Bertz CT molecular complexity index is 515. The molecule has 5 nitrogen and oxygen atoms in total. The third-order valence-corrected chi connectivity index (χ3v) is 2.77. The second-order valence-electron chi connectivity index (χ2n) is 3.80. The summed E-state index contributed by atoms with van der Waals surface area (Å²) in [6.45, 7) is 1.58. The monoisotopic (exact) mass is 208 g/mol. The second-order valence-corrected chi connectivity index (χ2v) is 3.80. The van der Waals surface area contributed by atoms with Crippen molar-refractivity contribution in [3.8, 4) is 0 Å². The standard InChI is InChI=1S/C10H8O5/c1-3-2-4-5(10(13)14-3)7(12)9-8(15-9)6(4)11/h2,7-9,12H,1H3/t7-,8-,9+/m0/s1. The van der Waals surface area contributed by atoms with Crippen molar-refractivity contribution < 1.29 is 19.1 Å². The summed E-state index contributed by atoms with van der Waals surface area (Å²) < 4.78 is 9.84. The molecule has 1 fully saturated rings. The van der Waals surface area contributed by atoms with Gasteiger partial charge in [0.1, 0.15) is 24.1 Å². The zero-order valence-electron chi connectivity index (χ0n) is 7.89. The number of Topliss-reactive ketones (excluding diaryl/α,β-unsaturated/α-hetero) is 1. The molecular weight excluding hydrogens is 200 g/mol. The van der Waals surface area contributed by atoms with Gasteiger partial charge in [-0.25, -0.2) is 4.79 Å². The van der Waals surface area contributed by atoms with Gasteiger partial charge in [0.15, 0.2) is 5.78 Å². The Morgan fingerprint density at radius 1 is 1.40 bits per heavy atom. The number of carbonyl (C=O) groups is 1. The fourth-order valence-corrected chi connectivity index (χ4v) is 2.00. The number of rotatable bonds is 0. The lowest BCUT2D eigenvalue weighted by Gasteiger charge is -2.14. The average Bonchev–Trinajstić information content (AvgIpc) is 2.92. The molecule has 0 aromatic carbocycles. The lowest BCUT2D eigenvalue weighted by atomic mass is 9.90. The molecule has 3 atom stereocenters. The van der Waals surface area contributed by atoms with E-state index in [9.17, 15) is 14.7 Å². The van der Waals surface area contributed by atoms with E-state index in [1.807, 2.05) is 0 Å². The molecule has 0 radical (unpaired) electrons. The lowest BCUT2D eigenvalue weighted by molar-refractivity contribution is 0.0936. The van der Waals surface area contributed by atoms with Crippen LogP contribution in [0.1, 0.15) is 27.8 Å². The van der Waals surface area contributed by atoms with Gasteiger partial charge in [-0.15, -0.1) is 0 Å². The highest BCUT2D eigenvalue weighted by Crippen LogP contribution is 2.41. The number of aryl methyl sites for hydroxylation is 1. The molecule has 1 aromatic heterocycles. The smallest absolute Gasteiger partial charge is 0.342 e. The van der Waals surface area contributed by atoms with Gasteiger partial charge >= 0.3 is 5.63 Å². The molecule has 3 rings (SSSR count). The predicted octanol–water partition coefficient (Wildman–Crippen LogP) is -0.0547. The van der Waals surface area contributed by atoms with Crippen molar-refractivity contribution in [1.82, 2.24) is 0 Å². The minimum absolute atomic E-state index is 0.0318. The first kappa shape index (κ1) is 8.82. The molecule has 1 aliphatic carbocycles. The predicted molar refractivity (Wildman–Crippen MR) is 47.7 cm³/mol. The molecule has 1 saturated heterocycles. The van der Waals surface area contributed by atoms with Crippen molar-refractivity contribution in [2.75, 3.05) is 0 Å². The fraction of sp³-hybridized carbons (Fsp3) is 0.400. The van der Waals surface area contributed by atoms with Crippen LogP contribution in [0.15, 0.2) is 15.3 Å². The van der Waals surface area contributed by atoms with Crippen LogP contribution < -0.4 is 5.63 Å². The molecule has 78 valence electrons. The number of epoxide rings is 1. The first-order chi connectivity index (χ1) is 7.09. The van der Waals surface area contributed by atoms with E-state index in [-0.39, 0.29) is 16.9 Å². The molecule has 1 N–H and O–H groups in total. The summed E-state index contributed by atoms with van der Waals surface area (Å²) in [6, 6.07) is 1.47. The lowest BCUT2D eigenvalue weighted by Crippen LogP contribution is -2.30. The molecule has 0 bridgehead atoms. The van der Waals surface area contributed by atoms with Crippen LogP contribution in [0.4, 0.5) is 0 Å². The van der Waals surface area contributed by atoms with Crippen molar-refractivity contribution in [3.05, 3.63) is 33.4 Å². The van der Waals surface area contributed by atoms with Gasteiger partial charge in [-0.3, -0.25) is 4.79 Å². The van der Waals surface area contributed by atoms with E-state index < -0.39 is 23.9 Å². The van der Waals surface area contributed by atoms with E-state index in [0.29, 0.717) is 5.76 Å². The van der Waals surface area contributed by atoms with Crippen LogP contribution in [0, 0.1) is 6.92 Å². The van der Waals surface area contributed by atoms with Crippen LogP contribution in [-0.2, 0) is 4.74 Å². The topological polar surface area (TPSA) is 80.0 Å². The third kappa shape index (κ3) is 1.04. The Kier molecular flexibility index (Phi) is 1.50. The average molecular weight is 208 g/mol. The maximum atomic E-state index is 11.7. The van der Waals surface area contributed by atoms with Gasteiger partial charge in [0.2, 0.25) is 0 Å². The summed E-state index contributed by atoms with van der Waals surface area (Å²) in [4.78, 5) is 23.2. The van der Waals surface area contributed by atoms with E-state index >= 15 is 0 Å². The minimum atomic E-state index is -1.04. The van der Waals surface area contributed by atoms with Crippen LogP contribution in [-0.4, -0.2) is 23.1 Å². The van der Waals surface area contributed by atoms with Crippen LogP contribution in [0.25, 0.3) is 0 Å². The second kappa shape index (κ2) is 2.56. The first-order valence-electron chi connectivity index (χ1n) is 4.62. The number of hydrogen-bond donors (Lipinski definition) is 1. The maximum Gasteiger partial charge on any atom is 0.342 e. The highest BCUT2D eigenvalue weighted by atomic mass is 16.6. The number of aliphatic hydroxyl groups excluding tert-OH is 1. The summed E-state index contributed by atoms with van der Waals surface area (Å²) in [6.07, 6.45) is -2.18. The van der Waals surface area contributed by atoms with Crippen molar-refractivity contribution in [2.45, 2.75) is 25.2 Å². The van der Waals surface area contributed by atoms with Crippen molar-refractivity contribution >= 4 is 5.78 Å². The molecule has 0 saturated carbocycles. The summed E-state index contributed by atoms with van der Waals surface area (Å²) in [5, 5.41) is 9.72. The highest BCUT2D eigenvalue weighted by molar-refractivity contribution is 6.04. The molecule has 2 aliphatic rings. The van der Waals surface area contributed by atoms with Crippen molar-refractivity contribution in [3.63, 3.8) is 0 Å². The Hall–Kier alpha value is -1.46.